The Morgan fingerprint density at radius 3 is 1.45 bits per heavy atom. The number of carbonyl (C=O) groups excluding carboxylic acids is 3. The third kappa shape index (κ3) is 10.3. The van der Waals surface area contributed by atoms with Crippen molar-refractivity contribution in [3.05, 3.63) is 64.6 Å². The van der Waals surface area contributed by atoms with Gasteiger partial charge in [-0.05, 0) is 57.2 Å². The lowest BCUT2D eigenvalue weighted by Gasteiger charge is -2.16. The van der Waals surface area contributed by atoms with E-state index in [1.165, 1.54) is 34.0 Å². The molecule has 0 saturated carbocycles. The Kier molecular flexibility index (Phi) is 11.9. The van der Waals surface area contributed by atoms with Gasteiger partial charge in [-0.3, -0.25) is 14.4 Å². The number of fused-ring (bicyclic) bond motifs is 3. The second-order valence-corrected chi connectivity index (χ2v) is 18.3. The standard InChI is InChI=1S/C18H23NO3S.C13H15NO2S.C7H6N2OS/c1-17(2,3)13(20)10-14-19-15-11(8-7-9-12(15)23-14)22-16(21)18(4,5)6;1-13(2,3)10(16)7-11-14-12-8(15)5-4-6-9(12)17-11;8-7-9-6-4(10)2-1-3-5(6)11-7/h7-9H,10H2,1-6H3;4-6,15H,7H2,1-3H3;1-3,10H,(H2,8,9). The van der Waals surface area contributed by atoms with Crippen molar-refractivity contribution in [1.82, 2.24) is 15.0 Å². The molecule has 0 amide bonds. The minimum Gasteiger partial charge on any atom is -0.506 e. The molecule has 0 aliphatic rings. The number of nitrogens with zero attached hydrogens (tertiary/aromatic N) is 3. The number of carbonyl (C=O) groups is 3. The number of rotatable bonds is 5. The SMILES string of the molecule is CC(C)(C)C(=O)Cc1nc2c(O)cccc2s1.CC(C)(C)C(=O)Cc1nc2c(OC(=O)C(C)(C)C)cccc2s1.Nc1nc2c(O)cccc2s1. The van der Waals surface area contributed by atoms with E-state index in [1.54, 1.807) is 30.3 Å². The number of para-hydroxylation sites is 3. The lowest BCUT2D eigenvalue weighted by Crippen LogP contribution is -2.25. The molecule has 0 fully saturated rings. The number of hydrogen-bond acceptors (Lipinski definition) is 13. The van der Waals surface area contributed by atoms with Crippen molar-refractivity contribution in [3.63, 3.8) is 0 Å². The molecule has 0 atom stereocenters. The second-order valence-electron chi connectivity index (χ2n) is 15.0. The maximum atomic E-state index is 12.2. The molecule has 3 heterocycles. The number of anilines is 1. The molecule has 6 aromatic rings. The zero-order chi connectivity index (χ0) is 37.9. The number of aromatic hydroxyl groups is 2. The van der Waals surface area contributed by atoms with Crippen LogP contribution < -0.4 is 10.5 Å². The summed E-state index contributed by atoms with van der Waals surface area (Å²) in [5, 5.41) is 20.9. The van der Waals surface area contributed by atoms with Crippen molar-refractivity contribution >= 4 is 87.3 Å². The van der Waals surface area contributed by atoms with E-state index in [9.17, 15) is 24.6 Å². The van der Waals surface area contributed by atoms with Crippen molar-refractivity contribution in [2.75, 3.05) is 5.73 Å². The number of thiazole rings is 3. The van der Waals surface area contributed by atoms with E-state index in [2.05, 4.69) is 15.0 Å². The summed E-state index contributed by atoms with van der Waals surface area (Å²) in [7, 11) is 0. The summed E-state index contributed by atoms with van der Waals surface area (Å²) >= 11 is 4.30. The highest BCUT2D eigenvalue weighted by molar-refractivity contribution is 7.22. The van der Waals surface area contributed by atoms with Crippen LogP contribution >= 0.6 is 34.0 Å². The van der Waals surface area contributed by atoms with Crippen LogP contribution in [0, 0.1) is 16.2 Å². The molecule has 270 valence electrons. The van der Waals surface area contributed by atoms with Crippen molar-refractivity contribution in [2.45, 2.75) is 75.2 Å². The summed E-state index contributed by atoms with van der Waals surface area (Å²) in [6, 6.07) is 16.0. The highest BCUT2D eigenvalue weighted by atomic mass is 32.1. The number of ketones is 2. The Hall–Kier alpha value is -4.46. The van der Waals surface area contributed by atoms with Gasteiger partial charge in [-0.2, -0.15) is 0 Å². The fourth-order valence-electron chi connectivity index (χ4n) is 4.19. The van der Waals surface area contributed by atoms with Gasteiger partial charge in [-0.15, -0.1) is 22.7 Å². The average Bonchev–Trinajstić information content (AvgIpc) is 3.73. The van der Waals surface area contributed by atoms with E-state index in [-0.39, 0.29) is 39.9 Å². The molecule has 3 aromatic carbocycles. The second kappa shape index (κ2) is 15.4. The first-order valence-corrected chi connectivity index (χ1v) is 18.7. The molecule has 3 aromatic heterocycles. The summed E-state index contributed by atoms with van der Waals surface area (Å²) in [4.78, 5) is 49.0. The third-order valence-electron chi connectivity index (χ3n) is 7.39. The van der Waals surface area contributed by atoms with Crippen LogP contribution in [0.4, 0.5) is 5.13 Å². The molecule has 0 unspecified atom stereocenters. The Morgan fingerprint density at radius 2 is 1.02 bits per heavy atom. The fourth-order valence-corrected chi connectivity index (χ4v) is 6.92. The largest absolute Gasteiger partial charge is 0.506 e. The normalized spacial score (nSPS) is 11.9. The molecular weight excluding hydrogens is 705 g/mol. The van der Waals surface area contributed by atoms with Gasteiger partial charge in [-0.1, -0.05) is 71.1 Å². The minimum atomic E-state index is -0.580. The molecule has 6 rings (SSSR count). The molecule has 0 aliphatic heterocycles. The number of phenolic OH excluding ortho intramolecular Hbond substituents is 2. The van der Waals surface area contributed by atoms with E-state index in [4.69, 9.17) is 10.5 Å². The van der Waals surface area contributed by atoms with Gasteiger partial charge in [0.2, 0.25) is 0 Å². The molecule has 0 radical (unpaired) electrons. The van der Waals surface area contributed by atoms with Gasteiger partial charge < -0.3 is 20.7 Å². The van der Waals surface area contributed by atoms with Gasteiger partial charge in [0.25, 0.3) is 0 Å². The number of phenols is 2. The number of benzene rings is 3. The lowest BCUT2D eigenvalue weighted by molar-refractivity contribution is -0.142. The molecule has 13 heteroatoms. The van der Waals surface area contributed by atoms with Crippen LogP contribution in [0.3, 0.4) is 0 Å². The van der Waals surface area contributed by atoms with E-state index in [1.807, 2.05) is 86.6 Å². The number of hydrogen-bond donors (Lipinski definition) is 3. The summed E-state index contributed by atoms with van der Waals surface area (Å²) in [6.45, 7) is 16.8. The van der Waals surface area contributed by atoms with Crippen LogP contribution in [0.1, 0.15) is 72.3 Å². The number of Topliss-reactive ketones (excluding diaryl/α,β-unsaturated/α-hetero) is 2. The van der Waals surface area contributed by atoms with Crippen LogP contribution in [0.15, 0.2) is 54.6 Å². The molecule has 4 N–H and O–H groups in total. The number of nitrogen functional groups attached to an aromatic ring is 1. The van der Waals surface area contributed by atoms with Crippen LogP contribution in [0.25, 0.3) is 30.6 Å². The van der Waals surface area contributed by atoms with Gasteiger partial charge in [0.1, 0.15) is 49.6 Å². The average molecular weight is 749 g/mol. The van der Waals surface area contributed by atoms with E-state index >= 15 is 0 Å². The topological polar surface area (TPSA) is 166 Å². The van der Waals surface area contributed by atoms with Crippen molar-refractivity contribution in [1.29, 1.82) is 0 Å². The summed E-state index contributed by atoms with van der Waals surface area (Å²) < 4.78 is 8.25. The zero-order valence-electron chi connectivity index (χ0n) is 30.3. The fraction of sp³-hybridized carbons (Fsp3) is 0.368. The van der Waals surface area contributed by atoms with Gasteiger partial charge >= 0.3 is 5.97 Å². The van der Waals surface area contributed by atoms with Gasteiger partial charge in [0.05, 0.1) is 32.4 Å². The first kappa shape index (κ1) is 39.3. The zero-order valence-corrected chi connectivity index (χ0v) is 32.7. The molecule has 0 aliphatic carbocycles. The molecular formula is C38H44N4O6S3. The van der Waals surface area contributed by atoms with E-state index < -0.39 is 5.41 Å². The number of esters is 1. The number of nitrogens with two attached hydrogens (primary N) is 1. The number of aromatic nitrogens is 3. The van der Waals surface area contributed by atoms with Gasteiger partial charge in [-0.25, -0.2) is 15.0 Å². The van der Waals surface area contributed by atoms with Crippen LogP contribution in [0.5, 0.6) is 17.2 Å². The molecule has 0 bridgehead atoms. The van der Waals surface area contributed by atoms with Gasteiger partial charge in [0.15, 0.2) is 10.9 Å². The highest BCUT2D eigenvalue weighted by Gasteiger charge is 2.26. The predicted octanol–water partition coefficient (Wildman–Crippen LogP) is 9.15. The maximum absolute atomic E-state index is 12.2. The first-order chi connectivity index (χ1) is 23.6. The Morgan fingerprint density at radius 1 is 0.608 bits per heavy atom. The summed E-state index contributed by atoms with van der Waals surface area (Å²) in [5.41, 5.74) is 5.97. The quantitative estimate of drug-likeness (QED) is 0.114. The summed E-state index contributed by atoms with van der Waals surface area (Å²) in [6.07, 6.45) is 0.637. The number of ether oxygens (including phenoxy) is 1. The minimum absolute atomic E-state index is 0.143. The summed E-state index contributed by atoms with van der Waals surface area (Å²) in [5.74, 6) is 0.822. The Bertz CT molecular complexity index is 2200. The molecule has 0 saturated heterocycles. The molecule has 0 spiro atoms. The van der Waals surface area contributed by atoms with Gasteiger partial charge in [0, 0.05) is 10.8 Å². The van der Waals surface area contributed by atoms with E-state index in [0.717, 1.165) is 24.1 Å². The van der Waals surface area contributed by atoms with Crippen LogP contribution in [-0.2, 0) is 27.2 Å². The van der Waals surface area contributed by atoms with Crippen molar-refractivity contribution in [3.8, 4) is 17.2 Å². The van der Waals surface area contributed by atoms with Crippen molar-refractivity contribution in [2.24, 2.45) is 16.2 Å². The maximum Gasteiger partial charge on any atom is 0.316 e. The monoisotopic (exact) mass is 748 g/mol. The first-order valence-electron chi connectivity index (χ1n) is 16.2. The van der Waals surface area contributed by atoms with E-state index in [0.29, 0.717) is 40.3 Å². The lowest BCUT2D eigenvalue weighted by atomic mass is 9.89. The molecule has 10 nitrogen and oxygen atoms in total. The third-order valence-corrected chi connectivity index (χ3v) is 10.3. The Labute approximate surface area is 309 Å². The predicted molar refractivity (Wildman–Crippen MR) is 208 cm³/mol. The highest BCUT2D eigenvalue weighted by Crippen LogP contribution is 2.33. The van der Waals surface area contributed by atoms with Crippen molar-refractivity contribution < 1.29 is 29.3 Å². The molecule has 51 heavy (non-hydrogen) atoms. The smallest absolute Gasteiger partial charge is 0.316 e. The van der Waals surface area contributed by atoms with Crippen LogP contribution in [0.2, 0.25) is 0 Å². The Balaban J connectivity index is 0.000000182. The van der Waals surface area contributed by atoms with Crippen LogP contribution in [-0.4, -0.2) is 42.7 Å².